The van der Waals surface area contributed by atoms with E-state index in [0.717, 1.165) is 39.8 Å². The van der Waals surface area contributed by atoms with Gasteiger partial charge in [-0.3, -0.25) is 0 Å². The third-order valence-electron chi connectivity index (χ3n) is 25.6. The maximum absolute atomic E-state index is 2.78. The Bertz CT molecular complexity index is 5740. The van der Waals surface area contributed by atoms with Crippen LogP contribution in [-0.2, 0) is 27.1 Å². The van der Waals surface area contributed by atoms with Crippen molar-refractivity contribution in [3.63, 3.8) is 0 Å². The zero-order valence-corrected chi connectivity index (χ0v) is 79.7. The first kappa shape index (κ1) is 81.9. The Morgan fingerprint density at radius 3 is 0.856 bits per heavy atom. The zero-order valence-electron chi connectivity index (χ0n) is 75.7. The summed E-state index contributed by atoms with van der Waals surface area (Å²) in [7, 11) is -6.95. The van der Waals surface area contributed by atoms with E-state index in [1.807, 2.05) is 0 Å². The molecule has 3 heterocycles. The first-order valence-corrected chi connectivity index (χ1v) is 57.3. The molecule has 0 fully saturated rings. The van der Waals surface area contributed by atoms with Crippen molar-refractivity contribution in [2.45, 2.75) is 209 Å². The first-order valence-electron chi connectivity index (χ1n) is 43.3. The van der Waals surface area contributed by atoms with Gasteiger partial charge in [0, 0.05) is 55.8 Å². The van der Waals surface area contributed by atoms with Gasteiger partial charge in [-0.25, -0.2) is 0 Å². The molecule has 598 valence electrons. The van der Waals surface area contributed by atoms with Crippen molar-refractivity contribution in [3.8, 4) is 72.4 Å². The van der Waals surface area contributed by atoms with Gasteiger partial charge >= 0.3 is 0 Å². The fourth-order valence-corrected chi connectivity index (χ4v) is 22.8. The van der Waals surface area contributed by atoms with Crippen molar-refractivity contribution in [3.05, 3.63) is 289 Å². The van der Waals surface area contributed by atoms with Crippen LogP contribution in [0.4, 0.5) is 34.1 Å². The summed E-state index contributed by atoms with van der Waals surface area (Å²) in [5, 5.41) is 8.26. The van der Waals surface area contributed by atoms with Crippen LogP contribution in [-0.4, -0.2) is 43.6 Å². The van der Waals surface area contributed by atoms with Gasteiger partial charge in [-0.05, 0) is 158 Å². The van der Waals surface area contributed by atoms with Crippen molar-refractivity contribution in [1.82, 2.24) is 4.57 Å². The van der Waals surface area contributed by atoms with Crippen LogP contribution in [0.5, 0.6) is 0 Å². The molecule has 3 nitrogen and oxygen atoms in total. The lowest BCUT2D eigenvalue weighted by Crippen LogP contribution is -2.61. The first-order chi connectivity index (χ1) is 55.2. The minimum atomic E-state index is -1.74. The average molecular weight is 1610 g/mol. The lowest BCUT2D eigenvalue weighted by atomic mass is 9.33. The summed E-state index contributed by atoms with van der Waals surface area (Å²) in [6, 6.07) is 106. The third-order valence-corrected chi connectivity index (χ3v) is 33.9. The molecule has 13 aromatic carbocycles. The molecule has 0 saturated carbocycles. The molecule has 8 heteroatoms. The van der Waals surface area contributed by atoms with E-state index in [-0.39, 0.29) is 33.8 Å². The van der Waals surface area contributed by atoms with Crippen LogP contribution in [0, 0.1) is 0 Å². The molecule has 0 aliphatic carbocycles. The molecule has 0 saturated heterocycles. The summed E-state index contributed by atoms with van der Waals surface area (Å²) in [4.78, 5) is 5.57. The second-order valence-corrected chi connectivity index (χ2v) is 64.0. The molecule has 0 amide bonds. The molecule has 0 N–H and O–H groups in total. The van der Waals surface area contributed by atoms with Crippen molar-refractivity contribution >= 4 is 132 Å². The minimum Gasteiger partial charge on any atom is -0.310 e. The normalized spacial score (nSPS) is 13.7. The standard InChI is InChI=1S/C110H124BN3Si4/c1-106(2,3)79-48-59-98-94(68-79)93-32-28-29-37-97(93)112(98)84-69-101-103-102(70-84)114(105-91(73-42-53-87(54-43-73)117(22,23)24)35-31-36-92(105)74-44-55-88(56-45-74)118(25,26)27)100-58-47-76(78-62-82(109(10,11)12)67-83(63-78)110(13,14)15)65-96(100)111(103)95-64-75(77-60-80(107(4,5)6)66-81(61-77)108(7,8)9)46-57-99(95)113(101)104-89(71-38-49-85(50-39-71)115(16,17)18)33-30-34-90(104)72-40-51-86(52-41-72)116(19,20)21/h28-70H,1-27H3. The van der Waals surface area contributed by atoms with Crippen LogP contribution < -0.4 is 46.9 Å². The van der Waals surface area contributed by atoms with Gasteiger partial charge in [0.2, 0.25) is 0 Å². The van der Waals surface area contributed by atoms with Crippen molar-refractivity contribution in [1.29, 1.82) is 0 Å². The number of rotatable bonds is 13. The van der Waals surface area contributed by atoms with Crippen LogP contribution in [0.1, 0.15) is 132 Å². The Morgan fingerprint density at radius 1 is 0.237 bits per heavy atom. The summed E-state index contributed by atoms with van der Waals surface area (Å²) >= 11 is 0. The molecule has 2 aliphatic heterocycles. The molecule has 2 aliphatic rings. The van der Waals surface area contributed by atoms with Crippen LogP contribution >= 0.6 is 0 Å². The van der Waals surface area contributed by atoms with E-state index in [9.17, 15) is 0 Å². The molecular formula is C110H124BN3Si4. The van der Waals surface area contributed by atoms with Crippen LogP contribution in [0.25, 0.3) is 94.3 Å². The van der Waals surface area contributed by atoms with E-state index >= 15 is 0 Å². The van der Waals surface area contributed by atoms with Gasteiger partial charge in [-0.15, -0.1) is 0 Å². The molecule has 16 rings (SSSR count). The van der Waals surface area contributed by atoms with E-state index in [4.69, 9.17) is 0 Å². The highest BCUT2D eigenvalue weighted by atomic mass is 28.3. The molecule has 118 heavy (non-hydrogen) atoms. The predicted octanol–water partition coefficient (Wildman–Crippen LogP) is 27.5. The van der Waals surface area contributed by atoms with Gasteiger partial charge in [0.05, 0.1) is 60.4 Å². The van der Waals surface area contributed by atoms with E-state index < -0.39 is 32.3 Å². The second-order valence-electron chi connectivity index (χ2n) is 43.7. The largest absolute Gasteiger partial charge is 0.310 e. The van der Waals surface area contributed by atoms with E-state index in [1.54, 1.807) is 0 Å². The lowest BCUT2D eigenvalue weighted by Gasteiger charge is -2.46. The van der Waals surface area contributed by atoms with Gasteiger partial charge in [0.25, 0.3) is 6.71 Å². The maximum Gasteiger partial charge on any atom is 0.252 e. The monoisotopic (exact) mass is 1610 g/mol. The topological polar surface area (TPSA) is 11.4 Å². The SMILES string of the molecule is CC(C)(C)c1cc(-c2ccc3c(c2)B2c4cc(-c5cc(C(C)(C)C)cc(C(C)(C)C)c5)ccc4N(c4c(-c5ccc([Si](C)(C)C)cc5)cccc4-c4ccc([Si](C)(C)C)cc4)c4cc(-n5c6ccccc6c6cc(C(C)(C)C)ccc65)cc(c42)N3c2c(-c3ccc([Si](C)(C)C)cc3)cccc2-c2ccc([Si](C)(C)C)cc2)cc(C(C)(C)C)c1. The Hall–Kier alpha value is -9.81. The number of para-hydroxylation sites is 3. The van der Waals surface area contributed by atoms with E-state index in [2.05, 4.69) is 458 Å². The number of benzene rings is 13. The van der Waals surface area contributed by atoms with Crippen molar-refractivity contribution in [2.24, 2.45) is 0 Å². The fraction of sp³-hybridized carbons (Fsp3) is 0.291. The Labute approximate surface area is 711 Å². The third kappa shape index (κ3) is 15.2. The van der Waals surface area contributed by atoms with E-state index in [0.29, 0.717) is 0 Å². The smallest absolute Gasteiger partial charge is 0.252 e. The molecule has 1 aromatic heterocycles. The highest BCUT2D eigenvalue weighted by molar-refractivity contribution is 7.00. The maximum atomic E-state index is 2.78. The minimum absolute atomic E-state index is 0.0807. The number of hydrogen-bond donors (Lipinski definition) is 0. The van der Waals surface area contributed by atoms with Crippen molar-refractivity contribution in [2.75, 3.05) is 9.80 Å². The molecule has 14 aromatic rings. The number of fused-ring (bicyclic) bond motifs is 7. The Balaban J connectivity index is 1.14. The second kappa shape index (κ2) is 29.0. The number of hydrogen-bond acceptors (Lipinski definition) is 2. The van der Waals surface area contributed by atoms with Gasteiger partial charge in [0.15, 0.2) is 0 Å². The number of anilines is 6. The van der Waals surface area contributed by atoms with Crippen LogP contribution in [0.15, 0.2) is 261 Å². The predicted molar refractivity (Wildman–Crippen MR) is 533 cm³/mol. The molecule has 0 radical (unpaired) electrons. The van der Waals surface area contributed by atoms with Gasteiger partial charge in [-0.1, -0.05) is 422 Å². The number of aromatic nitrogens is 1. The average Bonchev–Trinajstić information content (AvgIpc) is 0.810. The summed E-state index contributed by atoms with van der Waals surface area (Å²) < 4.78 is 2.62. The van der Waals surface area contributed by atoms with Gasteiger partial charge in [0.1, 0.15) is 0 Å². The molecular weight excluding hydrogens is 1490 g/mol. The summed E-state index contributed by atoms with van der Waals surface area (Å²) in [5.41, 5.74) is 34.7. The Morgan fingerprint density at radius 2 is 0.542 bits per heavy atom. The fourth-order valence-electron chi connectivity index (χ4n) is 18.1. The summed E-state index contributed by atoms with van der Waals surface area (Å²) in [5.74, 6) is 0. The quantitative estimate of drug-likeness (QED) is 0.107. The molecule has 0 spiro atoms. The lowest BCUT2D eigenvalue weighted by molar-refractivity contribution is 0.568. The number of nitrogens with zero attached hydrogens (tertiary/aromatic N) is 3. The molecule has 0 atom stereocenters. The van der Waals surface area contributed by atoms with Gasteiger partial charge in [-0.2, -0.15) is 0 Å². The molecule has 0 unspecified atom stereocenters. The summed E-state index contributed by atoms with van der Waals surface area (Å²) in [6.45, 7) is 65.0. The highest BCUT2D eigenvalue weighted by Gasteiger charge is 2.47. The zero-order chi connectivity index (χ0) is 84.4. The summed E-state index contributed by atoms with van der Waals surface area (Å²) in [6.07, 6.45) is 0. The molecule has 0 bridgehead atoms. The van der Waals surface area contributed by atoms with Gasteiger partial charge < -0.3 is 14.4 Å². The highest BCUT2D eigenvalue weighted by Crippen LogP contribution is 2.55. The van der Waals surface area contributed by atoms with Crippen LogP contribution in [0.3, 0.4) is 0 Å². The van der Waals surface area contributed by atoms with Crippen LogP contribution in [0.2, 0.25) is 78.6 Å². The van der Waals surface area contributed by atoms with Crippen molar-refractivity contribution < 1.29 is 0 Å². The van der Waals surface area contributed by atoms with E-state index in [1.165, 1.54) is 154 Å². The Kier molecular flexibility index (Phi) is 20.1.